The smallest absolute Gasteiger partial charge is 0.253 e. The second-order valence-electron chi connectivity index (χ2n) is 9.28. The van der Waals surface area contributed by atoms with Gasteiger partial charge in [-0.25, -0.2) is 15.0 Å². The second-order valence-corrected chi connectivity index (χ2v) is 11.3. The molecule has 1 atom stereocenters. The zero-order valence-corrected chi connectivity index (χ0v) is 20.3. The van der Waals surface area contributed by atoms with Crippen LogP contribution in [-0.2, 0) is 12.8 Å². The molecule has 5 rings (SSSR count). The number of carbonyl (C=O) groups excluding carboxylic acids is 1. The number of hydrogen-bond donors (Lipinski definition) is 1. The number of aryl methyl sites for hydroxylation is 2. The number of rotatable bonds is 8. The highest BCUT2D eigenvalue weighted by atomic mass is 32.2. The van der Waals surface area contributed by atoms with Gasteiger partial charge in [0.15, 0.2) is 0 Å². The van der Waals surface area contributed by atoms with E-state index < -0.39 is 0 Å². The number of thiazole rings is 1. The zero-order chi connectivity index (χ0) is 22.1. The number of nitrogens with one attached hydrogen (secondary N) is 1. The van der Waals surface area contributed by atoms with Gasteiger partial charge in [-0.3, -0.25) is 4.79 Å². The molecular formula is C24H29N5OS2. The van der Waals surface area contributed by atoms with Crippen molar-refractivity contribution < 1.29 is 4.79 Å². The maximum atomic E-state index is 12.8. The Labute approximate surface area is 197 Å². The Morgan fingerprint density at radius 3 is 2.66 bits per heavy atom. The van der Waals surface area contributed by atoms with Gasteiger partial charge >= 0.3 is 0 Å². The highest BCUT2D eigenvalue weighted by Crippen LogP contribution is 2.35. The van der Waals surface area contributed by atoms with E-state index in [0.717, 1.165) is 83.4 Å². The van der Waals surface area contributed by atoms with Crippen LogP contribution in [0.2, 0.25) is 0 Å². The number of aromatic nitrogens is 3. The van der Waals surface area contributed by atoms with Crippen molar-refractivity contribution in [2.75, 3.05) is 32.4 Å². The summed E-state index contributed by atoms with van der Waals surface area (Å²) in [5.74, 6) is 1.66. The molecule has 2 fully saturated rings. The Morgan fingerprint density at radius 1 is 1.22 bits per heavy atom. The van der Waals surface area contributed by atoms with E-state index in [9.17, 15) is 4.79 Å². The third-order valence-electron chi connectivity index (χ3n) is 6.65. The summed E-state index contributed by atoms with van der Waals surface area (Å²) in [5, 5.41) is 4.47. The first kappa shape index (κ1) is 21.8. The minimum atomic E-state index is 0.153. The van der Waals surface area contributed by atoms with Gasteiger partial charge in [0.1, 0.15) is 5.82 Å². The van der Waals surface area contributed by atoms with Crippen LogP contribution in [0.5, 0.6) is 0 Å². The lowest BCUT2D eigenvalue weighted by atomic mass is 9.74. The molecule has 3 aromatic rings. The largest absolute Gasteiger partial charge is 0.337 e. The molecule has 0 radical (unpaired) electrons. The molecule has 32 heavy (non-hydrogen) atoms. The van der Waals surface area contributed by atoms with Crippen molar-refractivity contribution in [3.05, 3.63) is 47.0 Å². The van der Waals surface area contributed by atoms with Crippen LogP contribution in [0.1, 0.15) is 41.0 Å². The van der Waals surface area contributed by atoms with E-state index in [1.807, 2.05) is 41.7 Å². The molecule has 1 N–H and O–H groups in total. The number of fused-ring (bicyclic) bond motifs is 1. The third-order valence-corrected chi connectivity index (χ3v) is 8.41. The lowest BCUT2D eigenvalue weighted by molar-refractivity contribution is -0.0248. The summed E-state index contributed by atoms with van der Waals surface area (Å²) in [6.45, 7) is 6.15. The average molecular weight is 468 g/mol. The Morgan fingerprint density at radius 2 is 1.97 bits per heavy atom. The van der Waals surface area contributed by atoms with Gasteiger partial charge in [-0.15, -0.1) is 23.1 Å². The second kappa shape index (κ2) is 9.08. The van der Waals surface area contributed by atoms with Crippen molar-refractivity contribution in [1.82, 2.24) is 25.2 Å². The van der Waals surface area contributed by atoms with Crippen LogP contribution < -0.4 is 5.32 Å². The molecule has 1 amide bonds. The molecule has 8 heteroatoms. The predicted octanol–water partition coefficient (Wildman–Crippen LogP) is 4.06. The van der Waals surface area contributed by atoms with Crippen LogP contribution in [0.25, 0.3) is 10.2 Å². The number of thioether (sulfide) groups is 1. The standard InChI is InChI=1S/C24H29N5OS2/c1-16(3-7-21-26-10-18(31-2)11-27-21)4-8-22-28-19-6-5-17(9-20(19)32-22)23(30)29-14-24(15-29)12-25-13-24/h5-6,9-11,16,25H,3-4,7-8,12-15H2,1-2H3/t16-/m0/s1. The topological polar surface area (TPSA) is 71.0 Å². The van der Waals surface area contributed by atoms with Crippen molar-refractivity contribution in [3.8, 4) is 0 Å². The number of benzene rings is 1. The fourth-order valence-electron chi connectivity index (χ4n) is 4.47. The van der Waals surface area contributed by atoms with Crippen LogP contribution in [0.4, 0.5) is 0 Å². The molecule has 0 saturated carbocycles. The van der Waals surface area contributed by atoms with E-state index in [2.05, 4.69) is 22.2 Å². The van der Waals surface area contributed by atoms with E-state index in [4.69, 9.17) is 4.98 Å². The molecule has 2 aromatic heterocycles. The zero-order valence-electron chi connectivity index (χ0n) is 18.6. The molecule has 1 spiro atoms. The van der Waals surface area contributed by atoms with Crippen LogP contribution >= 0.6 is 23.1 Å². The van der Waals surface area contributed by atoms with Crippen molar-refractivity contribution in [2.24, 2.45) is 11.3 Å². The molecule has 1 aromatic carbocycles. The minimum absolute atomic E-state index is 0.153. The molecule has 4 heterocycles. The van der Waals surface area contributed by atoms with Crippen molar-refractivity contribution in [3.63, 3.8) is 0 Å². The molecular weight excluding hydrogens is 438 g/mol. The molecule has 2 aliphatic rings. The van der Waals surface area contributed by atoms with Gasteiger partial charge in [-0.1, -0.05) is 6.92 Å². The summed E-state index contributed by atoms with van der Waals surface area (Å²) in [6.07, 6.45) is 9.90. The fourth-order valence-corrected chi connectivity index (χ4v) is 5.81. The van der Waals surface area contributed by atoms with Gasteiger partial charge in [-0.2, -0.15) is 0 Å². The van der Waals surface area contributed by atoms with E-state index in [1.54, 1.807) is 23.1 Å². The summed E-state index contributed by atoms with van der Waals surface area (Å²) >= 11 is 3.39. The van der Waals surface area contributed by atoms with Crippen molar-refractivity contribution in [1.29, 1.82) is 0 Å². The summed E-state index contributed by atoms with van der Waals surface area (Å²) in [5.41, 5.74) is 2.15. The molecule has 0 unspecified atom stereocenters. The minimum Gasteiger partial charge on any atom is -0.337 e. The fraction of sp³-hybridized carbons (Fsp3) is 0.500. The first-order chi connectivity index (χ1) is 15.5. The van der Waals surface area contributed by atoms with Gasteiger partial charge in [-0.05, 0) is 49.6 Å². The summed E-state index contributed by atoms with van der Waals surface area (Å²) in [4.78, 5) is 29.6. The van der Waals surface area contributed by atoms with Crippen molar-refractivity contribution >= 4 is 39.2 Å². The molecule has 168 valence electrons. The van der Waals surface area contributed by atoms with Gasteiger partial charge in [0, 0.05) is 60.9 Å². The highest BCUT2D eigenvalue weighted by Gasteiger charge is 2.49. The van der Waals surface area contributed by atoms with Crippen LogP contribution in [0.3, 0.4) is 0 Å². The van der Waals surface area contributed by atoms with E-state index in [-0.39, 0.29) is 5.91 Å². The number of hydrogen-bond acceptors (Lipinski definition) is 7. The SMILES string of the molecule is CSc1cnc(CC[C@H](C)CCc2nc3ccc(C(=O)N4CC5(CNC5)C4)cc3s2)nc1. The van der Waals surface area contributed by atoms with Crippen LogP contribution in [0.15, 0.2) is 35.5 Å². The molecule has 0 bridgehead atoms. The third kappa shape index (κ3) is 4.54. The Bertz CT molecular complexity index is 1100. The van der Waals surface area contributed by atoms with E-state index >= 15 is 0 Å². The maximum absolute atomic E-state index is 12.8. The monoisotopic (exact) mass is 467 g/mol. The number of carbonyl (C=O) groups is 1. The molecule has 2 aliphatic heterocycles. The molecule has 0 aliphatic carbocycles. The normalized spacial score (nSPS) is 17.9. The number of amides is 1. The quantitative estimate of drug-likeness (QED) is 0.504. The van der Waals surface area contributed by atoms with Gasteiger partial charge in [0.25, 0.3) is 5.91 Å². The highest BCUT2D eigenvalue weighted by molar-refractivity contribution is 7.98. The Hall–Kier alpha value is -2.03. The van der Waals surface area contributed by atoms with Gasteiger partial charge in [0.05, 0.1) is 15.2 Å². The number of nitrogens with zero attached hydrogens (tertiary/aromatic N) is 4. The van der Waals surface area contributed by atoms with E-state index in [1.165, 1.54) is 0 Å². The Balaban J connectivity index is 1.14. The molecule has 2 saturated heterocycles. The Kier molecular flexibility index (Phi) is 6.18. The molecule has 6 nitrogen and oxygen atoms in total. The summed E-state index contributed by atoms with van der Waals surface area (Å²) in [6, 6.07) is 5.97. The lowest BCUT2D eigenvalue weighted by Crippen LogP contribution is -2.71. The maximum Gasteiger partial charge on any atom is 0.253 e. The number of likely N-dealkylation sites (tertiary alicyclic amines) is 1. The summed E-state index contributed by atoms with van der Waals surface area (Å²) < 4.78 is 1.11. The lowest BCUT2D eigenvalue weighted by Gasteiger charge is -2.56. The van der Waals surface area contributed by atoms with Gasteiger partial charge < -0.3 is 10.2 Å². The van der Waals surface area contributed by atoms with Gasteiger partial charge in [0.2, 0.25) is 0 Å². The first-order valence-electron chi connectivity index (χ1n) is 11.3. The first-order valence-corrected chi connectivity index (χ1v) is 13.3. The van der Waals surface area contributed by atoms with E-state index in [0.29, 0.717) is 11.3 Å². The predicted molar refractivity (Wildman–Crippen MR) is 130 cm³/mol. The van der Waals surface area contributed by atoms with Crippen LogP contribution in [0, 0.1) is 11.3 Å². The average Bonchev–Trinajstić information content (AvgIpc) is 3.16. The van der Waals surface area contributed by atoms with Crippen LogP contribution in [-0.4, -0.2) is 58.2 Å². The summed E-state index contributed by atoms with van der Waals surface area (Å²) in [7, 11) is 0. The van der Waals surface area contributed by atoms with Crippen molar-refractivity contribution in [2.45, 2.75) is 37.5 Å².